The van der Waals surface area contributed by atoms with Gasteiger partial charge in [-0.25, -0.2) is 13.1 Å². The van der Waals surface area contributed by atoms with Crippen LogP contribution in [0.15, 0.2) is 0 Å². The Morgan fingerprint density at radius 3 is 2.61 bits per heavy atom. The number of sulfonamides is 1. The molecule has 6 heteroatoms. The Morgan fingerprint density at radius 2 is 2.06 bits per heavy atom. The SMILES string of the molecule is CS(=O)(=O)NCCC(=O)NC[C@H]1C[C@H]2CC[C@H]1C2. The minimum absolute atomic E-state index is 0.0612. The fourth-order valence-corrected chi connectivity index (χ4v) is 3.78. The Hall–Kier alpha value is -0.620. The zero-order valence-corrected chi connectivity index (χ0v) is 11.6. The summed E-state index contributed by atoms with van der Waals surface area (Å²) in [4.78, 5) is 11.5. The summed E-state index contributed by atoms with van der Waals surface area (Å²) in [6.07, 6.45) is 6.60. The van der Waals surface area contributed by atoms with Gasteiger partial charge in [-0.2, -0.15) is 0 Å². The van der Waals surface area contributed by atoms with Crippen LogP contribution in [0.2, 0.25) is 0 Å². The van der Waals surface area contributed by atoms with Crippen LogP contribution in [0.4, 0.5) is 0 Å². The van der Waals surface area contributed by atoms with Crippen LogP contribution in [0.25, 0.3) is 0 Å². The number of nitrogens with one attached hydrogen (secondary N) is 2. The minimum Gasteiger partial charge on any atom is -0.356 e. The van der Waals surface area contributed by atoms with Gasteiger partial charge >= 0.3 is 0 Å². The fourth-order valence-electron chi connectivity index (χ4n) is 3.31. The van der Waals surface area contributed by atoms with E-state index in [0.717, 1.165) is 24.6 Å². The summed E-state index contributed by atoms with van der Waals surface area (Å²) >= 11 is 0. The molecule has 0 radical (unpaired) electrons. The van der Waals surface area contributed by atoms with Gasteiger partial charge in [0.05, 0.1) is 6.26 Å². The van der Waals surface area contributed by atoms with Crippen molar-refractivity contribution < 1.29 is 13.2 Å². The number of hydrogen-bond acceptors (Lipinski definition) is 3. The highest BCUT2D eigenvalue weighted by atomic mass is 32.2. The Kier molecular flexibility index (Phi) is 4.27. The van der Waals surface area contributed by atoms with E-state index in [1.165, 1.54) is 25.7 Å². The van der Waals surface area contributed by atoms with Crippen LogP contribution in [0.5, 0.6) is 0 Å². The Labute approximate surface area is 109 Å². The molecule has 0 aromatic carbocycles. The summed E-state index contributed by atoms with van der Waals surface area (Å²) in [6.45, 7) is 0.945. The monoisotopic (exact) mass is 274 g/mol. The van der Waals surface area contributed by atoms with E-state index >= 15 is 0 Å². The minimum atomic E-state index is -3.19. The molecule has 104 valence electrons. The predicted octanol–water partition coefficient (Wildman–Crippen LogP) is 0.478. The summed E-state index contributed by atoms with van der Waals surface area (Å²) in [5, 5.41) is 2.92. The molecule has 2 rings (SSSR count). The van der Waals surface area contributed by atoms with E-state index in [1.54, 1.807) is 0 Å². The van der Waals surface area contributed by atoms with Crippen molar-refractivity contribution in [3.63, 3.8) is 0 Å². The number of carbonyl (C=O) groups excluding carboxylic acids is 1. The maximum atomic E-state index is 11.5. The summed E-state index contributed by atoms with van der Waals surface area (Å²) in [6, 6.07) is 0. The zero-order chi connectivity index (χ0) is 13.2. The quantitative estimate of drug-likeness (QED) is 0.739. The van der Waals surface area contributed by atoms with E-state index in [-0.39, 0.29) is 18.9 Å². The molecule has 2 saturated carbocycles. The van der Waals surface area contributed by atoms with E-state index in [9.17, 15) is 13.2 Å². The van der Waals surface area contributed by atoms with Crippen LogP contribution in [0.3, 0.4) is 0 Å². The van der Waals surface area contributed by atoms with Gasteiger partial charge in [-0.15, -0.1) is 0 Å². The second-order valence-electron chi connectivity index (χ2n) is 5.66. The van der Waals surface area contributed by atoms with Gasteiger partial charge in [-0.05, 0) is 37.0 Å². The van der Waals surface area contributed by atoms with Crippen LogP contribution in [-0.4, -0.2) is 33.7 Å². The van der Waals surface area contributed by atoms with E-state index < -0.39 is 10.0 Å². The van der Waals surface area contributed by atoms with Crippen molar-refractivity contribution in [1.82, 2.24) is 10.0 Å². The van der Waals surface area contributed by atoms with Crippen molar-refractivity contribution in [3.8, 4) is 0 Å². The second kappa shape index (κ2) is 5.57. The summed E-state index contributed by atoms with van der Waals surface area (Å²) in [5.74, 6) is 2.29. The van der Waals surface area contributed by atoms with Crippen LogP contribution >= 0.6 is 0 Å². The molecule has 0 spiro atoms. The summed E-state index contributed by atoms with van der Waals surface area (Å²) in [5.41, 5.74) is 0. The molecule has 2 aliphatic rings. The van der Waals surface area contributed by atoms with Gasteiger partial charge < -0.3 is 5.32 Å². The topological polar surface area (TPSA) is 75.3 Å². The average molecular weight is 274 g/mol. The number of rotatable bonds is 6. The molecule has 0 aromatic rings. The standard InChI is InChI=1S/C12H22N2O3S/c1-18(16,17)14-5-4-12(15)13-8-11-7-9-2-3-10(11)6-9/h9-11,14H,2-8H2,1H3,(H,13,15)/t9-,10-,11+/m0/s1. The van der Waals surface area contributed by atoms with Crippen molar-refractivity contribution in [2.75, 3.05) is 19.3 Å². The van der Waals surface area contributed by atoms with Crippen molar-refractivity contribution in [2.45, 2.75) is 32.1 Å². The Balaban J connectivity index is 1.60. The number of hydrogen-bond donors (Lipinski definition) is 2. The third-order valence-electron chi connectivity index (χ3n) is 4.16. The van der Waals surface area contributed by atoms with Crippen molar-refractivity contribution in [1.29, 1.82) is 0 Å². The Morgan fingerprint density at radius 1 is 1.28 bits per heavy atom. The molecular weight excluding hydrogens is 252 g/mol. The van der Waals surface area contributed by atoms with Crippen LogP contribution in [0.1, 0.15) is 32.1 Å². The predicted molar refractivity (Wildman–Crippen MR) is 69.4 cm³/mol. The molecule has 0 unspecified atom stereocenters. The van der Waals surface area contributed by atoms with Gasteiger partial charge in [-0.1, -0.05) is 6.42 Å². The summed E-state index contributed by atoms with van der Waals surface area (Å²) < 4.78 is 24.0. The normalized spacial score (nSPS) is 30.6. The molecule has 3 atom stereocenters. The zero-order valence-electron chi connectivity index (χ0n) is 10.8. The van der Waals surface area contributed by atoms with E-state index in [1.807, 2.05) is 0 Å². The smallest absolute Gasteiger partial charge is 0.221 e. The van der Waals surface area contributed by atoms with Crippen LogP contribution < -0.4 is 10.0 Å². The van der Waals surface area contributed by atoms with Crippen molar-refractivity contribution in [3.05, 3.63) is 0 Å². The van der Waals surface area contributed by atoms with Gasteiger partial charge in [0.2, 0.25) is 15.9 Å². The number of fused-ring (bicyclic) bond motifs is 2. The van der Waals surface area contributed by atoms with E-state index in [2.05, 4.69) is 10.0 Å². The van der Waals surface area contributed by atoms with Crippen molar-refractivity contribution in [2.24, 2.45) is 17.8 Å². The lowest BCUT2D eigenvalue weighted by Gasteiger charge is -2.21. The molecule has 0 aromatic heterocycles. The molecule has 0 saturated heterocycles. The molecule has 5 nitrogen and oxygen atoms in total. The molecule has 0 heterocycles. The maximum Gasteiger partial charge on any atom is 0.221 e. The lowest BCUT2D eigenvalue weighted by molar-refractivity contribution is -0.121. The number of amides is 1. The fraction of sp³-hybridized carbons (Fsp3) is 0.917. The van der Waals surface area contributed by atoms with E-state index in [4.69, 9.17) is 0 Å². The molecule has 1 amide bonds. The van der Waals surface area contributed by atoms with Gasteiger partial charge in [0, 0.05) is 19.5 Å². The molecule has 2 N–H and O–H groups in total. The first-order valence-electron chi connectivity index (χ1n) is 6.65. The first-order chi connectivity index (χ1) is 8.44. The maximum absolute atomic E-state index is 11.5. The van der Waals surface area contributed by atoms with Crippen LogP contribution in [0, 0.1) is 17.8 Å². The molecule has 18 heavy (non-hydrogen) atoms. The highest BCUT2D eigenvalue weighted by molar-refractivity contribution is 7.88. The molecule has 2 bridgehead atoms. The first-order valence-corrected chi connectivity index (χ1v) is 8.54. The van der Waals surface area contributed by atoms with Gasteiger partial charge in [0.15, 0.2) is 0 Å². The second-order valence-corrected chi connectivity index (χ2v) is 7.49. The van der Waals surface area contributed by atoms with E-state index in [0.29, 0.717) is 5.92 Å². The summed E-state index contributed by atoms with van der Waals surface area (Å²) in [7, 11) is -3.19. The number of carbonyl (C=O) groups is 1. The Bertz CT molecular complexity index is 408. The third-order valence-corrected chi connectivity index (χ3v) is 4.89. The molecule has 2 fully saturated rings. The largest absolute Gasteiger partial charge is 0.356 e. The highest BCUT2D eigenvalue weighted by Crippen LogP contribution is 2.47. The lowest BCUT2D eigenvalue weighted by atomic mass is 9.89. The third kappa shape index (κ3) is 3.95. The van der Waals surface area contributed by atoms with Crippen molar-refractivity contribution >= 4 is 15.9 Å². The average Bonchev–Trinajstić information content (AvgIpc) is 2.86. The lowest BCUT2D eigenvalue weighted by Crippen LogP contribution is -2.34. The molecular formula is C12H22N2O3S. The molecule has 0 aliphatic heterocycles. The van der Waals surface area contributed by atoms with Gasteiger partial charge in [-0.3, -0.25) is 4.79 Å². The highest BCUT2D eigenvalue weighted by Gasteiger charge is 2.39. The van der Waals surface area contributed by atoms with Gasteiger partial charge in [0.25, 0.3) is 0 Å². The first kappa shape index (κ1) is 13.8. The van der Waals surface area contributed by atoms with Crippen LogP contribution in [-0.2, 0) is 14.8 Å². The van der Waals surface area contributed by atoms with Gasteiger partial charge in [0.1, 0.15) is 0 Å². The molecule has 2 aliphatic carbocycles.